The first-order valence-electron chi connectivity index (χ1n) is 8.59. The Morgan fingerprint density at radius 1 is 1.19 bits per heavy atom. The average Bonchev–Trinajstić information content (AvgIpc) is 3.21. The highest BCUT2D eigenvalue weighted by Crippen LogP contribution is 2.27. The molecule has 6 nitrogen and oxygen atoms in total. The predicted molar refractivity (Wildman–Crippen MR) is 95.7 cm³/mol. The van der Waals surface area contributed by atoms with Gasteiger partial charge in [-0.3, -0.25) is 9.59 Å². The van der Waals surface area contributed by atoms with Crippen molar-refractivity contribution in [3.63, 3.8) is 0 Å². The van der Waals surface area contributed by atoms with E-state index in [0.717, 1.165) is 5.39 Å². The van der Waals surface area contributed by atoms with Gasteiger partial charge < -0.3 is 14.4 Å². The van der Waals surface area contributed by atoms with Crippen LogP contribution in [0.5, 0.6) is 0 Å². The fourth-order valence-electron chi connectivity index (χ4n) is 3.44. The number of pyridine rings is 1. The Bertz CT molecular complexity index is 965. The van der Waals surface area contributed by atoms with Crippen LogP contribution in [-0.4, -0.2) is 40.0 Å². The highest BCUT2D eigenvalue weighted by Gasteiger charge is 2.29. The second-order valence-electron chi connectivity index (χ2n) is 6.48. The third-order valence-electron chi connectivity index (χ3n) is 4.78. The van der Waals surface area contributed by atoms with Crippen LogP contribution in [0.4, 0.5) is 0 Å². The Labute approximate surface area is 150 Å². The lowest BCUT2D eigenvalue weighted by Gasteiger charge is -2.31. The van der Waals surface area contributed by atoms with Crippen molar-refractivity contribution in [3.05, 3.63) is 54.3 Å². The Morgan fingerprint density at radius 3 is 2.81 bits per heavy atom. The fraction of sp³-hybridized carbons (Fsp3) is 0.250. The molecule has 1 aliphatic rings. The minimum Gasteiger partial charge on any atom is -0.481 e. The molecule has 1 saturated heterocycles. The van der Waals surface area contributed by atoms with Gasteiger partial charge in [0.2, 0.25) is 0 Å². The molecule has 0 radical (unpaired) electrons. The maximum absolute atomic E-state index is 13.2. The van der Waals surface area contributed by atoms with Gasteiger partial charge in [-0.15, -0.1) is 0 Å². The lowest BCUT2D eigenvalue weighted by atomic mass is 9.97. The quantitative estimate of drug-likeness (QED) is 0.782. The van der Waals surface area contributed by atoms with Gasteiger partial charge in [0.1, 0.15) is 5.69 Å². The Morgan fingerprint density at radius 2 is 2.04 bits per heavy atom. The SMILES string of the molecule is O=C(O)C1CCCN(C(=O)c2cc(-c3ccco3)nc3ccccc23)C1. The number of likely N-dealkylation sites (tertiary alicyclic amines) is 1. The van der Waals surface area contributed by atoms with Crippen LogP contribution in [0.3, 0.4) is 0 Å². The summed E-state index contributed by atoms with van der Waals surface area (Å²) in [5.74, 6) is -0.932. The standard InChI is InChI=1S/C20H18N2O4/c23-19(22-9-3-5-13(12-22)20(24)25)15-11-17(18-8-4-10-26-18)21-16-7-2-1-6-14(15)16/h1-2,4,6-8,10-11,13H,3,5,9,12H2,(H,24,25). The summed E-state index contributed by atoms with van der Waals surface area (Å²) in [6.07, 6.45) is 2.86. The number of hydrogen-bond donors (Lipinski definition) is 1. The van der Waals surface area contributed by atoms with Crippen molar-refractivity contribution in [3.8, 4) is 11.5 Å². The average molecular weight is 350 g/mol. The lowest BCUT2D eigenvalue weighted by molar-refractivity contribution is -0.143. The minimum absolute atomic E-state index is 0.164. The number of benzene rings is 1. The molecule has 132 valence electrons. The number of carbonyl (C=O) groups is 2. The number of nitrogens with zero attached hydrogens (tertiary/aromatic N) is 2. The second-order valence-corrected chi connectivity index (χ2v) is 6.48. The van der Waals surface area contributed by atoms with Gasteiger partial charge in [0, 0.05) is 18.5 Å². The second kappa shape index (κ2) is 6.63. The smallest absolute Gasteiger partial charge is 0.308 e. The van der Waals surface area contributed by atoms with Gasteiger partial charge in [-0.05, 0) is 37.1 Å². The first-order valence-corrected chi connectivity index (χ1v) is 8.59. The molecule has 1 fully saturated rings. The van der Waals surface area contributed by atoms with Crippen LogP contribution in [0, 0.1) is 5.92 Å². The molecule has 0 saturated carbocycles. The van der Waals surface area contributed by atoms with Crippen molar-refractivity contribution in [2.75, 3.05) is 13.1 Å². The largest absolute Gasteiger partial charge is 0.481 e. The Hall–Kier alpha value is -3.15. The van der Waals surface area contributed by atoms with Crippen LogP contribution in [0.1, 0.15) is 23.2 Å². The summed E-state index contributed by atoms with van der Waals surface area (Å²) in [4.78, 5) is 30.7. The van der Waals surface area contributed by atoms with Crippen LogP contribution in [0.15, 0.2) is 53.1 Å². The van der Waals surface area contributed by atoms with Gasteiger partial charge in [0.15, 0.2) is 5.76 Å². The van der Waals surface area contributed by atoms with E-state index in [-0.39, 0.29) is 12.5 Å². The maximum atomic E-state index is 13.2. The highest BCUT2D eigenvalue weighted by atomic mass is 16.4. The number of carboxylic acids is 1. The molecule has 3 aromatic rings. The van der Waals surface area contributed by atoms with Crippen LogP contribution < -0.4 is 0 Å². The van der Waals surface area contributed by atoms with Crippen molar-refractivity contribution < 1.29 is 19.1 Å². The van der Waals surface area contributed by atoms with E-state index in [4.69, 9.17) is 4.42 Å². The van der Waals surface area contributed by atoms with Gasteiger partial charge in [0.25, 0.3) is 5.91 Å². The number of rotatable bonds is 3. The molecule has 4 rings (SSSR count). The number of hydrogen-bond acceptors (Lipinski definition) is 4. The molecule has 1 N–H and O–H groups in total. The number of aromatic nitrogens is 1. The van der Waals surface area contributed by atoms with Crippen LogP contribution in [-0.2, 0) is 4.79 Å². The fourth-order valence-corrected chi connectivity index (χ4v) is 3.44. The Kier molecular flexibility index (Phi) is 4.16. The van der Waals surface area contributed by atoms with Gasteiger partial charge >= 0.3 is 5.97 Å². The summed E-state index contributed by atoms with van der Waals surface area (Å²) in [6, 6.07) is 12.8. The Balaban J connectivity index is 1.77. The van der Waals surface area contributed by atoms with Crippen molar-refractivity contribution >= 4 is 22.8 Å². The molecule has 0 bridgehead atoms. The first kappa shape index (κ1) is 16.3. The van der Waals surface area contributed by atoms with Gasteiger partial charge in [-0.1, -0.05) is 18.2 Å². The number of carboxylic acid groups (broad SMARTS) is 1. The summed E-state index contributed by atoms with van der Waals surface area (Å²) in [5, 5.41) is 10.0. The molecule has 0 spiro atoms. The van der Waals surface area contributed by atoms with Crippen LogP contribution >= 0.6 is 0 Å². The van der Waals surface area contributed by atoms with E-state index in [1.807, 2.05) is 24.3 Å². The summed E-state index contributed by atoms with van der Waals surface area (Å²) >= 11 is 0. The normalized spacial score (nSPS) is 17.4. The van der Waals surface area contributed by atoms with E-state index < -0.39 is 11.9 Å². The van der Waals surface area contributed by atoms with E-state index in [1.165, 1.54) is 0 Å². The number of piperidine rings is 1. The van der Waals surface area contributed by atoms with Gasteiger partial charge in [-0.2, -0.15) is 0 Å². The summed E-state index contributed by atoms with van der Waals surface area (Å²) < 4.78 is 5.43. The van der Waals surface area contributed by atoms with E-state index in [0.29, 0.717) is 41.9 Å². The molecule has 1 aromatic carbocycles. The third-order valence-corrected chi connectivity index (χ3v) is 4.78. The molecule has 1 aliphatic heterocycles. The summed E-state index contributed by atoms with van der Waals surface area (Å²) in [7, 11) is 0. The molecule has 26 heavy (non-hydrogen) atoms. The van der Waals surface area contributed by atoms with E-state index in [2.05, 4.69) is 4.98 Å². The van der Waals surface area contributed by atoms with Gasteiger partial charge in [0.05, 0.1) is 23.3 Å². The third kappa shape index (κ3) is 2.94. The van der Waals surface area contributed by atoms with E-state index in [1.54, 1.807) is 29.4 Å². The van der Waals surface area contributed by atoms with Crippen molar-refractivity contribution in [1.29, 1.82) is 0 Å². The number of carbonyl (C=O) groups excluding carboxylic acids is 1. The summed E-state index contributed by atoms with van der Waals surface area (Å²) in [6.45, 7) is 0.802. The highest BCUT2D eigenvalue weighted by molar-refractivity contribution is 6.07. The monoisotopic (exact) mass is 350 g/mol. The predicted octanol–water partition coefficient (Wildman–Crippen LogP) is 3.43. The van der Waals surface area contributed by atoms with Gasteiger partial charge in [-0.25, -0.2) is 4.98 Å². The zero-order valence-electron chi connectivity index (χ0n) is 14.1. The molecular formula is C20H18N2O4. The number of amides is 1. The number of fused-ring (bicyclic) bond motifs is 1. The molecule has 6 heteroatoms. The molecule has 1 atom stereocenters. The minimum atomic E-state index is -0.849. The first-order chi connectivity index (χ1) is 12.6. The number of para-hydroxylation sites is 1. The lowest BCUT2D eigenvalue weighted by Crippen LogP contribution is -2.42. The number of aliphatic carboxylic acids is 1. The zero-order chi connectivity index (χ0) is 18.1. The number of furan rings is 1. The van der Waals surface area contributed by atoms with E-state index in [9.17, 15) is 14.7 Å². The van der Waals surface area contributed by atoms with Crippen molar-refractivity contribution in [2.45, 2.75) is 12.8 Å². The molecule has 3 heterocycles. The van der Waals surface area contributed by atoms with Crippen LogP contribution in [0.25, 0.3) is 22.4 Å². The topological polar surface area (TPSA) is 83.6 Å². The summed E-state index contributed by atoms with van der Waals surface area (Å²) in [5.41, 5.74) is 1.81. The maximum Gasteiger partial charge on any atom is 0.308 e. The molecule has 2 aromatic heterocycles. The van der Waals surface area contributed by atoms with Crippen LogP contribution in [0.2, 0.25) is 0 Å². The van der Waals surface area contributed by atoms with Crippen molar-refractivity contribution in [1.82, 2.24) is 9.88 Å². The molecule has 1 unspecified atom stereocenters. The molecule has 0 aliphatic carbocycles. The molecular weight excluding hydrogens is 332 g/mol. The molecule has 1 amide bonds. The zero-order valence-corrected chi connectivity index (χ0v) is 14.1. The van der Waals surface area contributed by atoms with Crippen molar-refractivity contribution in [2.24, 2.45) is 5.92 Å². The van der Waals surface area contributed by atoms with E-state index >= 15 is 0 Å².